The molecule has 0 N–H and O–H groups in total. The summed E-state index contributed by atoms with van der Waals surface area (Å²) in [5.41, 5.74) is 0. The maximum atomic E-state index is 11.0. The van der Waals surface area contributed by atoms with Crippen LogP contribution in [0.5, 0.6) is 0 Å². The quantitative estimate of drug-likeness (QED) is 0.496. The second-order valence-electron chi connectivity index (χ2n) is 1.90. The Balaban J connectivity index is 3.70. The highest BCUT2D eigenvalue weighted by atomic mass is 35.5. The number of halogens is 1. The number of carbonyl (C=O) groups excluding carboxylic acids is 1. The van der Waals surface area contributed by atoms with Gasteiger partial charge in [0.15, 0.2) is 5.78 Å². The van der Waals surface area contributed by atoms with Gasteiger partial charge in [0, 0.05) is 13.8 Å². The van der Waals surface area contributed by atoms with E-state index in [0.29, 0.717) is 0 Å². The number of carbonyl (C=O) groups is 1. The monoisotopic (exact) mass is 200 g/mol. The van der Waals surface area contributed by atoms with E-state index in [1.165, 1.54) is 13.8 Å². The Hall–Kier alpha value is 0.110. The fourth-order valence-corrected chi connectivity index (χ4v) is 0.842. The van der Waals surface area contributed by atoms with E-state index < -0.39 is 7.60 Å². The Kier molecular flexibility index (Phi) is 4.93. The summed E-state index contributed by atoms with van der Waals surface area (Å²) >= 11 is 5.16. The first-order valence-electron chi connectivity index (χ1n) is 2.87. The molecule has 11 heavy (non-hydrogen) atoms. The minimum absolute atomic E-state index is 0.135. The van der Waals surface area contributed by atoms with Crippen LogP contribution in [-0.4, -0.2) is 32.0 Å². The molecule has 0 aliphatic rings. The first-order chi connectivity index (χ1) is 5.02. The summed E-state index contributed by atoms with van der Waals surface area (Å²) in [6.07, 6.45) is 0. The van der Waals surface area contributed by atoms with Crippen LogP contribution in [0.25, 0.3) is 0 Å². The van der Waals surface area contributed by atoms with Gasteiger partial charge in [-0.05, 0) is 0 Å². The summed E-state index contributed by atoms with van der Waals surface area (Å²) in [6, 6.07) is 0. The van der Waals surface area contributed by atoms with Crippen LogP contribution in [0.2, 0.25) is 0 Å². The van der Waals surface area contributed by atoms with Gasteiger partial charge in [-0.3, -0.25) is 9.36 Å². The molecule has 1 atom stereocenters. The second-order valence-corrected chi connectivity index (χ2v) is 4.33. The Morgan fingerprint density at radius 2 is 2.18 bits per heavy atom. The van der Waals surface area contributed by atoms with E-state index in [4.69, 9.17) is 11.6 Å². The summed E-state index contributed by atoms with van der Waals surface area (Å²) in [6.45, 7) is 1.03. The molecule has 0 radical (unpaired) electrons. The van der Waals surface area contributed by atoms with Gasteiger partial charge in [-0.15, -0.1) is 11.6 Å². The fraction of sp³-hybridized carbons (Fsp3) is 0.800. The predicted molar refractivity (Wildman–Crippen MR) is 42.2 cm³/mol. The zero-order valence-electron chi connectivity index (χ0n) is 6.37. The minimum atomic E-state index is -3.02. The molecule has 0 aliphatic carbocycles. The highest BCUT2D eigenvalue weighted by Crippen LogP contribution is 2.42. The van der Waals surface area contributed by atoms with Gasteiger partial charge >= 0.3 is 7.60 Å². The molecular weight excluding hydrogens is 190 g/mol. The van der Waals surface area contributed by atoms with Gasteiger partial charge in [0.05, 0.1) is 5.88 Å². The fourth-order valence-electron chi connectivity index (χ4n) is 0.281. The lowest BCUT2D eigenvalue weighted by Crippen LogP contribution is -2.08. The molecule has 0 aromatic carbocycles. The molecular formula is C5H10ClO4P. The molecule has 0 aromatic rings. The van der Waals surface area contributed by atoms with Crippen LogP contribution in [0.1, 0.15) is 0 Å². The minimum Gasteiger partial charge on any atom is -0.312 e. The second kappa shape index (κ2) is 4.88. The van der Waals surface area contributed by atoms with Crippen molar-refractivity contribution in [3.8, 4) is 0 Å². The van der Waals surface area contributed by atoms with E-state index >= 15 is 0 Å². The molecule has 4 nitrogen and oxygen atoms in total. The third-order valence-corrected chi connectivity index (χ3v) is 2.50. The van der Waals surface area contributed by atoms with E-state index in [-0.39, 0.29) is 18.3 Å². The van der Waals surface area contributed by atoms with Crippen molar-refractivity contribution < 1.29 is 18.4 Å². The normalized spacial score (nSPS) is 15.9. The van der Waals surface area contributed by atoms with Crippen molar-refractivity contribution in [3.05, 3.63) is 0 Å². The van der Waals surface area contributed by atoms with Crippen molar-refractivity contribution in [2.45, 2.75) is 0 Å². The molecule has 0 amide bonds. The average molecular weight is 201 g/mol. The molecule has 0 spiro atoms. The van der Waals surface area contributed by atoms with Crippen molar-refractivity contribution in [2.75, 3.05) is 26.3 Å². The molecule has 1 unspecified atom stereocenters. The Labute approximate surface area is 70.4 Å². The molecule has 6 heteroatoms. The number of ketones is 1. The maximum Gasteiger partial charge on any atom is 0.327 e. The van der Waals surface area contributed by atoms with Crippen LogP contribution in [0, 0.1) is 0 Å². The van der Waals surface area contributed by atoms with Crippen molar-refractivity contribution >= 4 is 25.0 Å². The van der Waals surface area contributed by atoms with Gasteiger partial charge in [0.1, 0.15) is 6.61 Å². The number of hydrogen-bond donors (Lipinski definition) is 0. The van der Waals surface area contributed by atoms with Gasteiger partial charge in [0.2, 0.25) is 0 Å². The smallest absolute Gasteiger partial charge is 0.312 e. The summed E-state index contributed by atoms with van der Waals surface area (Å²) in [5, 5.41) is 0. The molecule has 0 heterocycles. The number of hydrogen-bond acceptors (Lipinski definition) is 4. The van der Waals surface area contributed by atoms with Gasteiger partial charge in [-0.1, -0.05) is 0 Å². The highest BCUT2D eigenvalue weighted by molar-refractivity contribution is 7.52. The number of Topliss-reactive ketones (excluding diaryl/α,β-unsaturated/α-hetero) is 1. The zero-order chi connectivity index (χ0) is 8.91. The van der Waals surface area contributed by atoms with Crippen LogP contribution in [-0.2, 0) is 18.4 Å². The van der Waals surface area contributed by atoms with Crippen LogP contribution < -0.4 is 0 Å². The van der Waals surface area contributed by atoms with Crippen molar-refractivity contribution in [2.24, 2.45) is 0 Å². The van der Waals surface area contributed by atoms with Gasteiger partial charge in [-0.2, -0.15) is 0 Å². The highest BCUT2D eigenvalue weighted by Gasteiger charge is 2.15. The maximum absolute atomic E-state index is 11.0. The molecule has 0 fully saturated rings. The predicted octanol–water partition coefficient (Wildman–Crippen LogP) is 1.28. The van der Waals surface area contributed by atoms with Gasteiger partial charge in [0.25, 0.3) is 0 Å². The first kappa shape index (κ1) is 11.1. The van der Waals surface area contributed by atoms with Gasteiger partial charge < -0.3 is 9.05 Å². The Morgan fingerprint density at radius 1 is 1.64 bits per heavy atom. The molecule has 66 valence electrons. The van der Waals surface area contributed by atoms with E-state index in [1.807, 2.05) is 0 Å². The third-order valence-electron chi connectivity index (χ3n) is 0.941. The van der Waals surface area contributed by atoms with Crippen molar-refractivity contribution in [3.63, 3.8) is 0 Å². The SMILES string of the molecule is COP(C)(=O)OCC(=O)CCl. The largest absolute Gasteiger partial charge is 0.327 e. The van der Waals surface area contributed by atoms with Crippen LogP contribution in [0.15, 0.2) is 0 Å². The lowest BCUT2D eigenvalue weighted by molar-refractivity contribution is -0.118. The number of alkyl halides is 1. The van der Waals surface area contributed by atoms with Gasteiger partial charge in [-0.25, -0.2) is 0 Å². The van der Waals surface area contributed by atoms with E-state index in [1.54, 1.807) is 0 Å². The Morgan fingerprint density at radius 3 is 2.55 bits per heavy atom. The first-order valence-corrected chi connectivity index (χ1v) is 5.39. The molecule has 0 bridgehead atoms. The van der Waals surface area contributed by atoms with Crippen molar-refractivity contribution in [1.29, 1.82) is 0 Å². The number of rotatable bonds is 5. The van der Waals surface area contributed by atoms with Crippen molar-refractivity contribution in [1.82, 2.24) is 0 Å². The summed E-state index contributed by atoms with van der Waals surface area (Å²) < 4.78 is 20.1. The van der Waals surface area contributed by atoms with Crippen LogP contribution in [0.4, 0.5) is 0 Å². The Bertz CT molecular complexity index is 181. The summed E-state index contributed by atoms with van der Waals surface area (Å²) in [5.74, 6) is -0.449. The molecule has 0 saturated carbocycles. The average Bonchev–Trinajstić information content (AvgIpc) is 2.00. The summed E-state index contributed by atoms with van der Waals surface area (Å²) in [4.78, 5) is 10.5. The van der Waals surface area contributed by atoms with E-state index in [0.717, 1.165) is 0 Å². The van der Waals surface area contributed by atoms with Crippen LogP contribution in [0.3, 0.4) is 0 Å². The summed E-state index contributed by atoms with van der Waals surface area (Å²) in [7, 11) is -1.76. The molecule has 0 rings (SSSR count). The van der Waals surface area contributed by atoms with E-state index in [9.17, 15) is 9.36 Å². The van der Waals surface area contributed by atoms with Crippen LogP contribution >= 0.6 is 19.2 Å². The topological polar surface area (TPSA) is 52.6 Å². The lowest BCUT2D eigenvalue weighted by atomic mass is 10.5. The molecule has 0 saturated heterocycles. The molecule has 0 aromatic heterocycles. The standard InChI is InChI=1S/C5H10ClO4P/c1-9-11(2,8)10-4-5(7)3-6/h3-4H2,1-2H3. The van der Waals surface area contributed by atoms with E-state index in [2.05, 4.69) is 9.05 Å². The lowest BCUT2D eigenvalue weighted by Gasteiger charge is -2.08. The third kappa shape index (κ3) is 5.39. The molecule has 0 aliphatic heterocycles. The zero-order valence-corrected chi connectivity index (χ0v) is 8.02.